The SMILES string of the molecule is CCCCCCCc1cccc(OCC(=O)O)c1. The molecule has 0 aliphatic carbocycles. The highest BCUT2D eigenvalue weighted by molar-refractivity contribution is 5.68. The van der Waals surface area contributed by atoms with Crippen molar-refractivity contribution < 1.29 is 14.6 Å². The molecule has 1 rings (SSSR count). The first-order valence-electron chi connectivity index (χ1n) is 6.66. The third-order valence-corrected chi connectivity index (χ3v) is 2.83. The minimum atomic E-state index is -0.944. The molecule has 0 heterocycles. The van der Waals surface area contributed by atoms with Gasteiger partial charge in [0.2, 0.25) is 0 Å². The normalized spacial score (nSPS) is 10.3. The topological polar surface area (TPSA) is 46.5 Å². The number of ether oxygens (including phenoxy) is 1. The molecule has 0 fully saturated rings. The van der Waals surface area contributed by atoms with Gasteiger partial charge in [-0.05, 0) is 30.5 Å². The number of unbranched alkanes of at least 4 members (excludes halogenated alkanes) is 4. The number of carbonyl (C=O) groups is 1. The van der Waals surface area contributed by atoms with E-state index in [2.05, 4.69) is 13.0 Å². The maximum atomic E-state index is 10.4. The van der Waals surface area contributed by atoms with Gasteiger partial charge < -0.3 is 9.84 Å². The summed E-state index contributed by atoms with van der Waals surface area (Å²) < 4.78 is 5.15. The third kappa shape index (κ3) is 6.28. The average molecular weight is 250 g/mol. The van der Waals surface area contributed by atoms with Crippen molar-refractivity contribution in [1.29, 1.82) is 0 Å². The average Bonchev–Trinajstić information content (AvgIpc) is 2.37. The van der Waals surface area contributed by atoms with E-state index in [0.29, 0.717) is 5.75 Å². The van der Waals surface area contributed by atoms with Crippen molar-refractivity contribution in [2.75, 3.05) is 6.61 Å². The fourth-order valence-corrected chi connectivity index (χ4v) is 1.87. The zero-order valence-corrected chi connectivity index (χ0v) is 11.0. The largest absolute Gasteiger partial charge is 0.482 e. The van der Waals surface area contributed by atoms with E-state index in [4.69, 9.17) is 9.84 Å². The maximum Gasteiger partial charge on any atom is 0.341 e. The fraction of sp³-hybridized carbons (Fsp3) is 0.533. The zero-order valence-electron chi connectivity index (χ0n) is 11.0. The Morgan fingerprint density at radius 1 is 1.22 bits per heavy atom. The van der Waals surface area contributed by atoms with E-state index in [1.165, 1.54) is 37.7 Å². The predicted octanol–water partition coefficient (Wildman–Crippen LogP) is 3.66. The van der Waals surface area contributed by atoms with Gasteiger partial charge in [0.05, 0.1) is 0 Å². The molecule has 0 unspecified atom stereocenters. The van der Waals surface area contributed by atoms with Crippen LogP contribution in [-0.2, 0) is 11.2 Å². The molecule has 1 aromatic rings. The van der Waals surface area contributed by atoms with Crippen molar-refractivity contribution in [3.63, 3.8) is 0 Å². The molecule has 0 saturated heterocycles. The molecule has 3 nitrogen and oxygen atoms in total. The van der Waals surface area contributed by atoms with Crippen LogP contribution in [0.1, 0.15) is 44.6 Å². The minimum Gasteiger partial charge on any atom is -0.482 e. The highest BCUT2D eigenvalue weighted by Crippen LogP contribution is 2.16. The second kappa shape index (κ2) is 8.56. The highest BCUT2D eigenvalue weighted by atomic mass is 16.5. The molecule has 0 radical (unpaired) electrons. The van der Waals surface area contributed by atoms with Crippen LogP contribution in [0.3, 0.4) is 0 Å². The van der Waals surface area contributed by atoms with E-state index in [9.17, 15) is 4.79 Å². The third-order valence-electron chi connectivity index (χ3n) is 2.83. The van der Waals surface area contributed by atoms with Gasteiger partial charge in [-0.2, -0.15) is 0 Å². The standard InChI is InChI=1S/C15H22O3/c1-2-3-4-5-6-8-13-9-7-10-14(11-13)18-12-15(16)17/h7,9-11H,2-6,8,12H2,1H3,(H,16,17). The summed E-state index contributed by atoms with van der Waals surface area (Å²) in [4.78, 5) is 10.4. The van der Waals surface area contributed by atoms with E-state index in [-0.39, 0.29) is 6.61 Å². The first-order valence-corrected chi connectivity index (χ1v) is 6.66. The van der Waals surface area contributed by atoms with Crippen LogP contribution in [0.4, 0.5) is 0 Å². The summed E-state index contributed by atoms with van der Waals surface area (Å²) in [5, 5.41) is 8.54. The lowest BCUT2D eigenvalue weighted by atomic mass is 10.1. The Balaban J connectivity index is 2.32. The first kappa shape index (κ1) is 14.6. The fourth-order valence-electron chi connectivity index (χ4n) is 1.87. The molecule has 18 heavy (non-hydrogen) atoms. The van der Waals surface area contributed by atoms with Gasteiger partial charge in [0.25, 0.3) is 0 Å². The van der Waals surface area contributed by atoms with Crippen molar-refractivity contribution in [2.24, 2.45) is 0 Å². The number of aliphatic carboxylic acids is 1. The molecule has 0 saturated carbocycles. The summed E-state index contributed by atoms with van der Waals surface area (Å²) in [5.41, 5.74) is 1.22. The number of carboxylic acids is 1. The van der Waals surface area contributed by atoms with Gasteiger partial charge in [0.1, 0.15) is 5.75 Å². The van der Waals surface area contributed by atoms with Gasteiger partial charge in [-0.25, -0.2) is 4.79 Å². The summed E-state index contributed by atoms with van der Waals surface area (Å²) in [5.74, 6) is -0.302. The smallest absolute Gasteiger partial charge is 0.341 e. The number of carboxylic acid groups (broad SMARTS) is 1. The molecule has 0 aromatic heterocycles. The second-order valence-electron chi connectivity index (χ2n) is 4.49. The molecule has 0 bridgehead atoms. The quantitative estimate of drug-likeness (QED) is 0.680. The summed E-state index contributed by atoms with van der Waals surface area (Å²) >= 11 is 0. The molecular weight excluding hydrogens is 228 g/mol. The zero-order chi connectivity index (χ0) is 13.2. The van der Waals surface area contributed by atoms with Crippen LogP contribution < -0.4 is 4.74 Å². The van der Waals surface area contributed by atoms with Gasteiger partial charge in [0, 0.05) is 0 Å². The molecule has 1 N–H and O–H groups in total. The van der Waals surface area contributed by atoms with Crippen LogP contribution in [-0.4, -0.2) is 17.7 Å². The van der Waals surface area contributed by atoms with E-state index >= 15 is 0 Å². The Hall–Kier alpha value is -1.51. The lowest BCUT2D eigenvalue weighted by Crippen LogP contribution is -2.09. The first-order chi connectivity index (χ1) is 8.72. The maximum absolute atomic E-state index is 10.4. The molecule has 1 aromatic carbocycles. The van der Waals surface area contributed by atoms with Crippen LogP contribution in [0.5, 0.6) is 5.75 Å². The van der Waals surface area contributed by atoms with E-state index in [1.54, 1.807) is 6.07 Å². The van der Waals surface area contributed by atoms with E-state index < -0.39 is 5.97 Å². The van der Waals surface area contributed by atoms with Gasteiger partial charge in [-0.3, -0.25) is 0 Å². The monoisotopic (exact) mass is 250 g/mol. The number of benzene rings is 1. The predicted molar refractivity (Wildman–Crippen MR) is 72.0 cm³/mol. The molecule has 0 atom stereocenters. The van der Waals surface area contributed by atoms with Gasteiger partial charge in [0.15, 0.2) is 6.61 Å². The molecule has 100 valence electrons. The van der Waals surface area contributed by atoms with Gasteiger partial charge >= 0.3 is 5.97 Å². The molecule has 0 spiro atoms. The van der Waals surface area contributed by atoms with E-state index in [1.807, 2.05) is 12.1 Å². The van der Waals surface area contributed by atoms with Crippen LogP contribution in [0.2, 0.25) is 0 Å². The van der Waals surface area contributed by atoms with Crippen LogP contribution >= 0.6 is 0 Å². The summed E-state index contributed by atoms with van der Waals surface area (Å²) in [6, 6.07) is 7.71. The van der Waals surface area contributed by atoms with Crippen LogP contribution in [0, 0.1) is 0 Å². The second-order valence-corrected chi connectivity index (χ2v) is 4.49. The lowest BCUT2D eigenvalue weighted by Gasteiger charge is -2.06. The Morgan fingerprint density at radius 2 is 2.00 bits per heavy atom. The molecule has 0 aliphatic rings. The Bertz CT molecular complexity index is 361. The summed E-state index contributed by atoms with van der Waals surface area (Å²) in [6.07, 6.45) is 7.34. The van der Waals surface area contributed by atoms with Crippen LogP contribution in [0.25, 0.3) is 0 Å². The summed E-state index contributed by atoms with van der Waals surface area (Å²) in [7, 11) is 0. The highest BCUT2D eigenvalue weighted by Gasteiger charge is 2.00. The van der Waals surface area contributed by atoms with E-state index in [0.717, 1.165) is 6.42 Å². The summed E-state index contributed by atoms with van der Waals surface area (Å²) in [6.45, 7) is 1.93. The van der Waals surface area contributed by atoms with Crippen molar-refractivity contribution >= 4 is 5.97 Å². The van der Waals surface area contributed by atoms with Gasteiger partial charge in [-0.1, -0.05) is 44.7 Å². The number of rotatable bonds is 9. The van der Waals surface area contributed by atoms with Crippen molar-refractivity contribution in [1.82, 2.24) is 0 Å². The molecular formula is C15H22O3. The Labute approximate surface area is 109 Å². The number of hydrogen-bond donors (Lipinski definition) is 1. The van der Waals surface area contributed by atoms with Crippen LogP contribution in [0.15, 0.2) is 24.3 Å². The van der Waals surface area contributed by atoms with Gasteiger partial charge in [-0.15, -0.1) is 0 Å². The Morgan fingerprint density at radius 3 is 2.72 bits per heavy atom. The van der Waals surface area contributed by atoms with Crippen molar-refractivity contribution in [2.45, 2.75) is 45.4 Å². The molecule has 3 heteroatoms. The molecule has 0 amide bonds. The number of aryl methyl sites for hydroxylation is 1. The Kier molecular flexibility index (Phi) is 6.92. The number of hydrogen-bond acceptors (Lipinski definition) is 2. The minimum absolute atomic E-state index is 0.278. The molecule has 0 aliphatic heterocycles. The van der Waals surface area contributed by atoms with Crippen molar-refractivity contribution in [3.05, 3.63) is 29.8 Å². The lowest BCUT2D eigenvalue weighted by molar-refractivity contribution is -0.139. The van der Waals surface area contributed by atoms with Crippen molar-refractivity contribution in [3.8, 4) is 5.75 Å².